The second-order valence-corrected chi connectivity index (χ2v) is 11.3. The monoisotopic (exact) mass is 670 g/mol. The lowest BCUT2D eigenvalue weighted by Gasteiger charge is -2.22. The van der Waals surface area contributed by atoms with Gasteiger partial charge in [-0.15, -0.1) is 0 Å². The molecule has 0 saturated carbocycles. The minimum Gasteiger partial charge on any atom is -0.507 e. The average Bonchev–Trinajstić information content (AvgIpc) is 3.04. The van der Waals surface area contributed by atoms with E-state index in [4.69, 9.17) is 11.6 Å². The Kier molecular flexibility index (Phi) is 11.3. The van der Waals surface area contributed by atoms with Crippen molar-refractivity contribution in [2.45, 2.75) is 50.9 Å². The van der Waals surface area contributed by atoms with Gasteiger partial charge in [0.15, 0.2) is 0 Å². The van der Waals surface area contributed by atoms with E-state index in [0.717, 1.165) is 18.2 Å². The first-order valence-corrected chi connectivity index (χ1v) is 15.0. The third-order valence-electron chi connectivity index (χ3n) is 7.49. The van der Waals surface area contributed by atoms with Crippen molar-refractivity contribution in [3.8, 4) is 28.0 Å². The Morgan fingerprint density at radius 3 is 2.11 bits per heavy atom. The molecule has 0 bridgehead atoms. The van der Waals surface area contributed by atoms with Crippen molar-refractivity contribution in [1.29, 1.82) is 0 Å². The molecule has 12 heteroatoms. The molecule has 246 valence electrons. The van der Waals surface area contributed by atoms with E-state index < -0.39 is 53.2 Å². The summed E-state index contributed by atoms with van der Waals surface area (Å²) in [6, 6.07) is 16.7. The fourth-order valence-electron chi connectivity index (χ4n) is 4.90. The number of aromatic hydroxyl groups is 1. The van der Waals surface area contributed by atoms with Crippen LogP contribution in [0.2, 0.25) is 5.02 Å². The normalized spacial score (nSPS) is 12.6. The molecule has 0 aliphatic rings. The molecule has 47 heavy (non-hydrogen) atoms. The highest BCUT2D eigenvalue weighted by Crippen LogP contribution is 2.33. The summed E-state index contributed by atoms with van der Waals surface area (Å²) in [5, 5.41) is 25.1. The maximum absolute atomic E-state index is 13.7. The van der Waals surface area contributed by atoms with Gasteiger partial charge in [-0.3, -0.25) is 9.59 Å². The number of carbonyl (C=O) groups excluding carboxylic acids is 2. The van der Waals surface area contributed by atoms with Gasteiger partial charge in [-0.25, -0.2) is 9.18 Å². The maximum Gasteiger partial charge on any atom is 0.416 e. The molecule has 0 radical (unpaired) electrons. The van der Waals surface area contributed by atoms with Crippen LogP contribution in [-0.4, -0.2) is 40.1 Å². The molecule has 0 saturated heterocycles. The highest BCUT2D eigenvalue weighted by molar-refractivity contribution is 6.31. The molecule has 7 nitrogen and oxygen atoms in total. The van der Waals surface area contributed by atoms with Gasteiger partial charge in [0, 0.05) is 6.42 Å². The Labute approximate surface area is 273 Å². The number of aliphatic carboxylic acids is 1. The first-order chi connectivity index (χ1) is 22.3. The summed E-state index contributed by atoms with van der Waals surface area (Å²) in [6.07, 6.45) is -3.26. The third kappa shape index (κ3) is 9.10. The molecule has 2 amide bonds. The molecule has 0 aliphatic carbocycles. The Morgan fingerprint density at radius 2 is 1.47 bits per heavy atom. The van der Waals surface area contributed by atoms with Crippen molar-refractivity contribution in [3.05, 3.63) is 112 Å². The summed E-state index contributed by atoms with van der Waals surface area (Å²) in [7, 11) is 0. The first-order valence-electron chi connectivity index (χ1n) is 14.7. The Morgan fingerprint density at radius 1 is 0.830 bits per heavy atom. The van der Waals surface area contributed by atoms with Gasteiger partial charge in [-0.1, -0.05) is 79.9 Å². The minimum absolute atomic E-state index is 0.116. The Hall–Kier alpha value is -4.90. The van der Waals surface area contributed by atoms with Crippen LogP contribution in [0.3, 0.4) is 0 Å². The quantitative estimate of drug-likeness (QED) is 0.116. The zero-order chi connectivity index (χ0) is 34.3. The van der Waals surface area contributed by atoms with E-state index in [1.807, 2.05) is 6.92 Å². The number of hydrogen-bond donors (Lipinski definition) is 4. The van der Waals surface area contributed by atoms with Gasteiger partial charge in [0.1, 0.15) is 23.7 Å². The molecule has 4 aromatic rings. The highest BCUT2D eigenvalue weighted by atomic mass is 35.5. The van der Waals surface area contributed by atoms with E-state index in [2.05, 4.69) is 10.6 Å². The molecule has 0 heterocycles. The van der Waals surface area contributed by atoms with E-state index in [1.54, 1.807) is 24.3 Å². The fourth-order valence-corrected chi connectivity index (χ4v) is 5.08. The number of alkyl halides is 3. The van der Waals surface area contributed by atoms with Gasteiger partial charge < -0.3 is 20.8 Å². The molecule has 4 rings (SSSR count). The van der Waals surface area contributed by atoms with Crippen molar-refractivity contribution in [2.24, 2.45) is 0 Å². The third-order valence-corrected chi connectivity index (χ3v) is 7.78. The maximum atomic E-state index is 13.7. The van der Waals surface area contributed by atoms with E-state index in [-0.39, 0.29) is 23.4 Å². The number of unbranched alkanes of at least 4 members (excludes halogenated alkanes) is 1. The summed E-state index contributed by atoms with van der Waals surface area (Å²) in [4.78, 5) is 38.8. The predicted octanol–water partition coefficient (Wildman–Crippen LogP) is 7.64. The predicted molar refractivity (Wildman–Crippen MR) is 169 cm³/mol. The van der Waals surface area contributed by atoms with Crippen LogP contribution in [0, 0.1) is 5.82 Å². The Balaban J connectivity index is 1.62. The molecule has 0 fully saturated rings. The van der Waals surface area contributed by atoms with Crippen LogP contribution in [0.15, 0.2) is 84.9 Å². The lowest BCUT2D eigenvalue weighted by Crippen LogP contribution is -2.52. The number of nitrogens with one attached hydrogen (secondary N) is 2. The fraction of sp³-hybridized carbons (Fsp3) is 0.229. The largest absolute Gasteiger partial charge is 0.507 e. The summed E-state index contributed by atoms with van der Waals surface area (Å²) >= 11 is 5.91. The highest BCUT2D eigenvalue weighted by Gasteiger charge is 2.31. The number of carboxylic acid groups (broad SMARTS) is 1. The van der Waals surface area contributed by atoms with Crippen LogP contribution in [0.1, 0.15) is 47.7 Å². The van der Waals surface area contributed by atoms with Crippen LogP contribution >= 0.6 is 11.6 Å². The van der Waals surface area contributed by atoms with E-state index in [9.17, 15) is 42.2 Å². The van der Waals surface area contributed by atoms with Crippen molar-refractivity contribution in [2.75, 3.05) is 0 Å². The zero-order valence-electron chi connectivity index (χ0n) is 25.1. The van der Waals surface area contributed by atoms with Crippen molar-refractivity contribution >= 4 is 29.4 Å². The van der Waals surface area contributed by atoms with Crippen molar-refractivity contribution in [3.63, 3.8) is 0 Å². The van der Waals surface area contributed by atoms with Crippen LogP contribution < -0.4 is 10.6 Å². The van der Waals surface area contributed by atoms with E-state index in [1.165, 1.54) is 42.5 Å². The van der Waals surface area contributed by atoms with Gasteiger partial charge in [0.2, 0.25) is 5.91 Å². The van der Waals surface area contributed by atoms with Crippen LogP contribution in [-0.2, 0) is 22.2 Å². The molecule has 0 aliphatic heterocycles. The number of amides is 2. The summed E-state index contributed by atoms with van der Waals surface area (Å²) in [6.45, 7) is 1.87. The zero-order valence-corrected chi connectivity index (χ0v) is 25.8. The number of phenolic OH excluding ortho intramolecular Hbond substituents is 1. The molecular weight excluding hydrogens is 640 g/mol. The molecule has 1 unspecified atom stereocenters. The summed E-state index contributed by atoms with van der Waals surface area (Å²) < 4.78 is 53.4. The van der Waals surface area contributed by atoms with Crippen molar-refractivity contribution in [1.82, 2.24) is 10.6 Å². The number of phenols is 1. The SMILES string of the molecule is CCCCC(NC(=O)[C@H](Cc1ccc(-c2cccc(C(F)(F)F)c2)cc1)NC(=O)c1cc(-c2ccc(F)c(Cl)c2)ccc1O)C(=O)O. The number of rotatable bonds is 12. The van der Waals surface area contributed by atoms with E-state index >= 15 is 0 Å². The number of benzene rings is 4. The molecule has 0 aromatic heterocycles. The van der Waals surface area contributed by atoms with Gasteiger partial charge in [0.25, 0.3) is 5.91 Å². The number of halogens is 5. The molecule has 2 atom stereocenters. The summed E-state index contributed by atoms with van der Waals surface area (Å²) in [5.41, 5.74) is 1.20. The van der Waals surface area contributed by atoms with Gasteiger partial charge in [-0.2, -0.15) is 13.2 Å². The molecule has 4 aromatic carbocycles. The van der Waals surface area contributed by atoms with Crippen LogP contribution in [0.25, 0.3) is 22.3 Å². The second kappa shape index (κ2) is 15.1. The van der Waals surface area contributed by atoms with Gasteiger partial charge in [0.05, 0.1) is 16.1 Å². The lowest BCUT2D eigenvalue weighted by molar-refractivity contribution is -0.142. The summed E-state index contributed by atoms with van der Waals surface area (Å²) in [5.74, 6) is -3.92. The Bertz CT molecular complexity index is 1760. The second-order valence-electron chi connectivity index (χ2n) is 10.9. The van der Waals surface area contributed by atoms with Gasteiger partial charge in [-0.05, 0) is 70.6 Å². The van der Waals surface area contributed by atoms with Crippen molar-refractivity contribution < 1.29 is 42.2 Å². The number of hydrogen-bond acceptors (Lipinski definition) is 4. The number of carbonyl (C=O) groups is 3. The first kappa shape index (κ1) is 35.0. The van der Waals surface area contributed by atoms with Crippen LogP contribution in [0.4, 0.5) is 17.6 Å². The van der Waals surface area contributed by atoms with E-state index in [0.29, 0.717) is 40.7 Å². The average molecular weight is 671 g/mol. The minimum atomic E-state index is -4.51. The van der Waals surface area contributed by atoms with Gasteiger partial charge >= 0.3 is 12.1 Å². The molecule has 0 spiro atoms. The molecule has 4 N–H and O–H groups in total. The lowest BCUT2D eigenvalue weighted by atomic mass is 9.98. The molecular formula is C35H31ClF4N2O5. The standard InChI is InChI=1S/C35H31ClF4N2O5/c1-2-3-7-29(34(46)47)41-33(45)30(16-20-8-10-21(11-9-20)22-5-4-6-25(17-22)35(38,39)40)42-32(44)26-18-23(13-15-31(26)43)24-12-14-28(37)27(36)19-24/h4-6,8-15,17-19,29-30,43H,2-3,7,16H2,1H3,(H,41,45)(H,42,44)(H,46,47)/t29?,30-/m0/s1. The smallest absolute Gasteiger partial charge is 0.416 e. The van der Waals surface area contributed by atoms with Crippen LogP contribution in [0.5, 0.6) is 5.75 Å². The number of carboxylic acids is 1. The topological polar surface area (TPSA) is 116 Å².